The van der Waals surface area contributed by atoms with E-state index >= 15 is 0 Å². The van der Waals surface area contributed by atoms with Gasteiger partial charge in [0.15, 0.2) is 0 Å². The van der Waals surface area contributed by atoms with E-state index < -0.39 is 11.6 Å². The van der Waals surface area contributed by atoms with E-state index in [9.17, 15) is 8.78 Å². The third-order valence-corrected chi connectivity index (χ3v) is 3.92. The molecule has 0 unspecified atom stereocenters. The Bertz CT molecular complexity index is 1050. The number of pyridine rings is 1. The van der Waals surface area contributed by atoms with E-state index in [1.807, 2.05) is 49.4 Å². The van der Waals surface area contributed by atoms with Gasteiger partial charge in [-0.15, -0.1) is 0 Å². The highest BCUT2D eigenvalue weighted by molar-refractivity contribution is 5.85. The minimum Gasteiger partial charge on any atom is -0.248 e. The molecule has 25 heavy (non-hydrogen) atoms. The molecule has 1 aromatic heterocycles. The normalized spacial score (nSPS) is 12.4. The van der Waals surface area contributed by atoms with Gasteiger partial charge < -0.3 is 0 Å². The molecular weight excluding hydrogens is 316 g/mol. The first-order valence-corrected chi connectivity index (χ1v) is 7.93. The van der Waals surface area contributed by atoms with Gasteiger partial charge in [0.25, 0.3) is 0 Å². The minimum absolute atomic E-state index is 0.262. The molecule has 3 rings (SSSR count). The number of rotatable bonds is 3. The third-order valence-electron chi connectivity index (χ3n) is 3.92. The molecule has 0 saturated heterocycles. The van der Waals surface area contributed by atoms with Crippen LogP contribution in [0.25, 0.3) is 29.0 Å². The average molecular weight is 333 g/mol. The Morgan fingerprint density at radius 1 is 0.960 bits per heavy atom. The monoisotopic (exact) mass is 333 g/mol. The molecule has 0 aliphatic carbocycles. The summed E-state index contributed by atoms with van der Waals surface area (Å²) in [5.74, 6) is -1.24. The molecule has 2 aromatic carbocycles. The summed E-state index contributed by atoms with van der Waals surface area (Å²) in [5, 5.41) is 2.14. The number of benzene rings is 2. The first kappa shape index (κ1) is 16.8. The maximum atomic E-state index is 14.0. The van der Waals surface area contributed by atoms with Gasteiger partial charge in [0, 0.05) is 11.6 Å². The molecular formula is C22H17F2N. The molecule has 0 aliphatic heterocycles. The second-order valence-corrected chi connectivity index (χ2v) is 5.62. The van der Waals surface area contributed by atoms with Crippen LogP contribution in [0.2, 0.25) is 0 Å². The Morgan fingerprint density at radius 2 is 1.72 bits per heavy atom. The van der Waals surface area contributed by atoms with Gasteiger partial charge >= 0.3 is 0 Å². The van der Waals surface area contributed by atoms with Crippen molar-refractivity contribution in [3.8, 4) is 11.3 Å². The number of nitrogens with zero attached hydrogens (tertiary/aromatic N) is 1. The molecule has 3 heteroatoms. The van der Waals surface area contributed by atoms with Crippen molar-refractivity contribution < 1.29 is 8.78 Å². The lowest BCUT2D eigenvalue weighted by atomic mass is 10.1. The molecule has 1 heterocycles. The highest BCUT2D eigenvalue weighted by atomic mass is 19.1. The Balaban J connectivity index is 2.03. The summed E-state index contributed by atoms with van der Waals surface area (Å²) >= 11 is 0. The fourth-order valence-electron chi connectivity index (χ4n) is 2.63. The van der Waals surface area contributed by atoms with Crippen molar-refractivity contribution in [2.45, 2.75) is 6.92 Å². The van der Waals surface area contributed by atoms with Gasteiger partial charge in [0.1, 0.15) is 11.6 Å². The molecule has 0 radical (unpaired) electrons. The van der Waals surface area contributed by atoms with E-state index in [1.54, 1.807) is 12.1 Å². The molecule has 124 valence electrons. The molecule has 1 nitrogen and oxygen atoms in total. The quantitative estimate of drug-likeness (QED) is 0.695. The number of aromatic nitrogens is 1. The number of hydrogen-bond donors (Lipinski definition) is 0. The van der Waals surface area contributed by atoms with Crippen LogP contribution in [0.1, 0.15) is 12.6 Å². The maximum Gasteiger partial charge on any atom is 0.135 e. The van der Waals surface area contributed by atoms with E-state index in [-0.39, 0.29) is 5.56 Å². The zero-order chi connectivity index (χ0) is 17.8. The Kier molecular flexibility index (Phi) is 4.85. The SMILES string of the molecule is C=C(/C=c1/cccc/c1=C/C)c1cccc(-c2ccc(F)cc2F)n1. The molecule has 0 bridgehead atoms. The minimum atomic E-state index is -0.634. The summed E-state index contributed by atoms with van der Waals surface area (Å²) in [4.78, 5) is 4.48. The van der Waals surface area contributed by atoms with Gasteiger partial charge in [-0.05, 0) is 53.3 Å². The van der Waals surface area contributed by atoms with Crippen LogP contribution in [0.5, 0.6) is 0 Å². The Hall–Kier alpha value is -3.07. The Morgan fingerprint density at radius 3 is 2.44 bits per heavy atom. The van der Waals surface area contributed by atoms with Gasteiger partial charge in [-0.2, -0.15) is 0 Å². The predicted octanol–water partition coefficient (Wildman–Crippen LogP) is 4.32. The van der Waals surface area contributed by atoms with Crippen molar-refractivity contribution >= 4 is 17.7 Å². The lowest BCUT2D eigenvalue weighted by Gasteiger charge is -2.06. The lowest BCUT2D eigenvalue weighted by molar-refractivity contribution is 0.585. The van der Waals surface area contributed by atoms with Crippen LogP contribution in [-0.2, 0) is 0 Å². The van der Waals surface area contributed by atoms with Gasteiger partial charge in [0.05, 0.1) is 11.4 Å². The lowest BCUT2D eigenvalue weighted by Crippen LogP contribution is -2.23. The molecule has 0 saturated carbocycles. The molecule has 0 atom stereocenters. The van der Waals surface area contributed by atoms with Crippen molar-refractivity contribution in [3.63, 3.8) is 0 Å². The van der Waals surface area contributed by atoms with Gasteiger partial charge in [-0.3, -0.25) is 0 Å². The third kappa shape index (κ3) is 3.72. The van der Waals surface area contributed by atoms with Crippen molar-refractivity contribution in [2.24, 2.45) is 0 Å². The Labute approximate surface area is 145 Å². The summed E-state index contributed by atoms with van der Waals surface area (Å²) in [6, 6.07) is 16.8. The van der Waals surface area contributed by atoms with Crippen LogP contribution in [-0.4, -0.2) is 4.98 Å². The van der Waals surface area contributed by atoms with Crippen molar-refractivity contribution in [3.05, 3.63) is 95.0 Å². The van der Waals surface area contributed by atoms with Gasteiger partial charge in [-0.25, -0.2) is 13.8 Å². The predicted molar refractivity (Wildman–Crippen MR) is 98.9 cm³/mol. The van der Waals surface area contributed by atoms with Crippen LogP contribution in [0.15, 0.2) is 67.2 Å². The summed E-state index contributed by atoms with van der Waals surface area (Å²) in [6.07, 6.45) is 3.97. The van der Waals surface area contributed by atoms with Crippen LogP contribution in [0, 0.1) is 11.6 Å². The molecule has 0 aliphatic rings. The fraction of sp³-hybridized carbons (Fsp3) is 0.0455. The zero-order valence-electron chi connectivity index (χ0n) is 13.8. The van der Waals surface area contributed by atoms with E-state index in [0.29, 0.717) is 11.4 Å². The summed E-state index contributed by atoms with van der Waals surface area (Å²) in [6.45, 7) is 6.06. The van der Waals surface area contributed by atoms with Crippen molar-refractivity contribution in [2.75, 3.05) is 0 Å². The van der Waals surface area contributed by atoms with Crippen LogP contribution < -0.4 is 10.4 Å². The maximum absolute atomic E-state index is 14.0. The highest BCUT2D eigenvalue weighted by Crippen LogP contribution is 2.23. The highest BCUT2D eigenvalue weighted by Gasteiger charge is 2.09. The fourth-order valence-corrected chi connectivity index (χ4v) is 2.63. The van der Waals surface area contributed by atoms with E-state index in [4.69, 9.17) is 0 Å². The smallest absolute Gasteiger partial charge is 0.135 e. The molecule has 0 amide bonds. The molecule has 0 N–H and O–H groups in total. The standard InChI is InChI=1S/C22H17F2N/c1-3-16-7-4-5-8-17(16)13-15(2)21-9-6-10-22(25-21)19-12-11-18(23)14-20(19)24/h3-14H,2H2,1H3/b16-3-,17-13-. The van der Waals surface area contributed by atoms with E-state index in [0.717, 1.165) is 22.1 Å². The van der Waals surface area contributed by atoms with Crippen LogP contribution >= 0.6 is 0 Å². The second kappa shape index (κ2) is 7.22. The van der Waals surface area contributed by atoms with Crippen molar-refractivity contribution in [1.29, 1.82) is 0 Å². The zero-order valence-corrected chi connectivity index (χ0v) is 13.8. The van der Waals surface area contributed by atoms with Crippen LogP contribution in [0.3, 0.4) is 0 Å². The summed E-state index contributed by atoms with van der Waals surface area (Å²) in [7, 11) is 0. The summed E-state index contributed by atoms with van der Waals surface area (Å²) < 4.78 is 27.1. The molecule has 3 aromatic rings. The number of halogens is 2. The first-order valence-electron chi connectivity index (χ1n) is 7.93. The summed E-state index contributed by atoms with van der Waals surface area (Å²) in [5.41, 5.74) is 2.07. The number of allylic oxidation sites excluding steroid dienone is 1. The van der Waals surface area contributed by atoms with Gasteiger partial charge in [0.2, 0.25) is 0 Å². The largest absolute Gasteiger partial charge is 0.248 e. The van der Waals surface area contributed by atoms with E-state index in [1.165, 1.54) is 12.1 Å². The number of hydrogen-bond acceptors (Lipinski definition) is 1. The van der Waals surface area contributed by atoms with E-state index in [2.05, 4.69) is 11.6 Å². The molecule has 0 spiro atoms. The second-order valence-electron chi connectivity index (χ2n) is 5.62. The van der Waals surface area contributed by atoms with Gasteiger partial charge in [-0.1, -0.05) is 43.0 Å². The first-order chi connectivity index (χ1) is 12.1. The topological polar surface area (TPSA) is 12.9 Å². The average Bonchev–Trinajstić information content (AvgIpc) is 2.62. The van der Waals surface area contributed by atoms with Crippen LogP contribution in [0.4, 0.5) is 8.78 Å². The molecule has 0 fully saturated rings. The van der Waals surface area contributed by atoms with Crippen molar-refractivity contribution in [1.82, 2.24) is 4.98 Å².